The zero-order valence-electron chi connectivity index (χ0n) is 27.3. The molecule has 4 rings (SSSR count). The summed E-state index contributed by atoms with van der Waals surface area (Å²) in [5.41, 5.74) is 1.20. The van der Waals surface area contributed by atoms with Gasteiger partial charge in [-0.05, 0) is 74.4 Å². The first-order valence-corrected chi connectivity index (χ1v) is 17.4. The van der Waals surface area contributed by atoms with Crippen molar-refractivity contribution in [2.24, 2.45) is 0 Å². The second-order valence-electron chi connectivity index (χ2n) is 11.5. The Hall–Kier alpha value is -4.65. The van der Waals surface area contributed by atoms with E-state index in [4.69, 9.17) is 27.9 Å². The largest absolute Gasteiger partial charge is 0.497 e. The van der Waals surface area contributed by atoms with Crippen LogP contribution < -0.4 is 14.4 Å². The summed E-state index contributed by atoms with van der Waals surface area (Å²) in [7, 11) is -3.14. The zero-order chi connectivity index (χ0) is 35.9. The number of benzene rings is 4. The molecule has 0 spiro atoms. The fourth-order valence-electron chi connectivity index (χ4n) is 5.12. The first-order chi connectivity index (χ1) is 23.2. The van der Waals surface area contributed by atoms with Crippen LogP contribution in [-0.2, 0) is 32.6 Å². The molecular formula is C35H36Cl2N4O7S. The predicted molar refractivity (Wildman–Crippen MR) is 190 cm³/mol. The maximum atomic E-state index is 14.6. The number of nitrogens with one attached hydrogen (secondary N) is 1. The lowest BCUT2D eigenvalue weighted by atomic mass is 10.0. The van der Waals surface area contributed by atoms with Crippen LogP contribution in [0.4, 0.5) is 11.4 Å². The maximum absolute atomic E-state index is 14.6. The number of ether oxygens (including phenoxy) is 1. The molecule has 0 aliphatic carbocycles. The summed E-state index contributed by atoms with van der Waals surface area (Å²) >= 11 is 12.7. The number of sulfonamides is 1. The molecule has 0 aliphatic heterocycles. The molecule has 1 N–H and O–H groups in total. The van der Waals surface area contributed by atoms with Crippen molar-refractivity contribution in [1.29, 1.82) is 0 Å². The molecule has 0 aromatic heterocycles. The van der Waals surface area contributed by atoms with Gasteiger partial charge in [-0.3, -0.25) is 24.0 Å². The SMILES string of the molecule is COc1ccc(N(CC(=O)N(Cc2ccc(Cl)cc2Cl)[C@H](Cc2ccccc2)C(=O)NC(C)C)S(=O)(=O)c2ccc(C)c([N+](=O)[O-])c2)cc1. The summed E-state index contributed by atoms with van der Waals surface area (Å²) in [5.74, 6) is -0.747. The molecule has 2 amide bonds. The lowest BCUT2D eigenvalue weighted by molar-refractivity contribution is -0.385. The number of nitro groups is 1. The van der Waals surface area contributed by atoms with Gasteiger partial charge in [0.05, 0.1) is 22.6 Å². The molecule has 0 heterocycles. The smallest absolute Gasteiger partial charge is 0.273 e. The molecule has 258 valence electrons. The number of rotatable bonds is 14. The van der Waals surface area contributed by atoms with Crippen LogP contribution in [0.5, 0.6) is 5.75 Å². The lowest BCUT2D eigenvalue weighted by Gasteiger charge is -2.34. The normalized spacial score (nSPS) is 11.9. The molecule has 49 heavy (non-hydrogen) atoms. The van der Waals surface area contributed by atoms with Gasteiger partial charge in [0.1, 0.15) is 18.3 Å². The zero-order valence-corrected chi connectivity index (χ0v) is 29.6. The van der Waals surface area contributed by atoms with Gasteiger partial charge in [-0.15, -0.1) is 0 Å². The highest BCUT2D eigenvalue weighted by molar-refractivity contribution is 7.92. The van der Waals surface area contributed by atoms with Crippen LogP contribution in [0.15, 0.2) is 95.9 Å². The van der Waals surface area contributed by atoms with Crippen molar-refractivity contribution in [3.05, 3.63) is 128 Å². The van der Waals surface area contributed by atoms with Crippen LogP contribution in [0, 0.1) is 17.0 Å². The molecule has 0 fully saturated rings. The Balaban J connectivity index is 1.86. The van der Waals surface area contributed by atoms with Gasteiger partial charge in [-0.1, -0.05) is 65.7 Å². The summed E-state index contributed by atoms with van der Waals surface area (Å²) in [6.07, 6.45) is 0.107. The van der Waals surface area contributed by atoms with Gasteiger partial charge >= 0.3 is 0 Å². The quantitative estimate of drug-likeness (QED) is 0.114. The molecule has 0 aliphatic rings. The van der Waals surface area contributed by atoms with E-state index in [-0.39, 0.29) is 40.2 Å². The maximum Gasteiger partial charge on any atom is 0.273 e. The van der Waals surface area contributed by atoms with E-state index < -0.39 is 45.0 Å². The minimum atomic E-state index is -4.59. The Labute approximate surface area is 295 Å². The second kappa shape index (κ2) is 16.2. The number of carbonyl (C=O) groups excluding carboxylic acids is 2. The summed E-state index contributed by atoms with van der Waals surface area (Å²) < 4.78 is 34.7. The highest BCUT2D eigenvalue weighted by Gasteiger charge is 2.35. The Morgan fingerprint density at radius 3 is 2.22 bits per heavy atom. The van der Waals surface area contributed by atoms with Gasteiger partial charge in [0, 0.05) is 40.7 Å². The van der Waals surface area contributed by atoms with E-state index in [0.29, 0.717) is 16.3 Å². The topological polar surface area (TPSA) is 139 Å². The van der Waals surface area contributed by atoms with Gasteiger partial charge < -0.3 is 15.0 Å². The number of carbonyl (C=O) groups is 2. The minimum absolute atomic E-state index is 0.0908. The minimum Gasteiger partial charge on any atom is -0.497 e. The van der Waals surface area contributed by atoms with E-state index in [1.54, 1.807) is 26.0 Å². The summed E-state index contributed by atoms with van der Waals surface area (Å²) in [5, 5.41) is 15.2. The standard InChI is InChI=1S/C35H36Cl2N4O7S/c1-23(2)38-35(43)33(18-25-8-6-5-7-9-25)39(21-26-11-12-27(36)19-31(26)37)34(42)22-40(28-13-15-29(48-4)16-14-28)49(46,47)30-17-10-24(3)32(20-30)41(44)45/h5-17,19-20,23,33H,18,21-22H2,1-4H3,(H,38,43)/t33-/m1/s1. The van der Waals surface area contributed by atoms with Crippen molar-refractivity contribution in [3.8, 4) is 5.75 Å². The second-order valence-corrected chi connectivity index (χ2v) is 14.2. The molecular weight excluding hydrogens is 691 g/mol. The molecule has 0 saturated heterocycles. The number of hydrogen-bond donors (Lipinski definition) is 1. The van der Waals surface area contributed by atoms with Crippen LogP contribution in [0.2, 0.25) is 10.0 Å². The Bertz CT molecular complexity index is 1920. The van der Waals surface area contributed by atoms with Crippen molar-refractivity contribution >= 4 is 56.4 Å². The average Bonchev–Trinajstić information content (AvgIpc) is 3.06. The molecule has 11 nitrogen and oxygen atoms in total. The Morgan fingerprint density at radius 1 is 0.959 bits per heavy atom. The highest BCUT2D eigenvalue weighted by Crippen LogP contribution is 2.30. The fraction of sp³-hybridized carbons (Fsp3) is 0.257. The Kier molecular flexibility index (Phi) is 12.3. The third-order valence-corrected chi connectivity index (χ3v) is 10.0. The van der Waals surface area contributed by atoms with Gasteiger partial charge in [0.25, 0.3) is 15.7 Å². The summed E-state index contributed by atoms with van der Waals surface area (Å²) in [6.45, 7) is 4.15. The predicted octanol–water partition coefficient (Wildman–Crippen LogP) is 6.58. The van der Waals surface area contributed by atoms with E-state index in [0.717, 1.165) is 15.9 Å². The van der Waals surface area contributed by atoms with E-state index in [1.165, 1.54) is 61.4 Å². The van der Waals surface area contributed by atoms with E-state index >= 15 is 0 Å². The average molecular weight is 728 g/mol. The van der Waals surface area contributed by atoms with Gasteiger partial charge in [0.2, 0.25) is 11.8 Å². The molecule has 0 unspecified atom stereocenters. The third-order valence-electron chi connectivity index (χ3n) is 7.66. The molecule has 0 radical (unpaired) electrons. The summed E-state index contributed by atoms with van der Waals surface area (Å²) in [4.78, 5) is 40.4. The van der Waals surface area contributed by atoms with Crippen molar-refractivity contribution in [2.45, 2.75) is 50.7 Å². The molecule has 14 heteroatoms. The van der Waals surface area contributed by atoms with Crippen LogP contribution in [0.25, 0.3) is 0 Å². The molecule has 0 saturated carbocycles. The first-order valence-electron chi connectivity index (χ1n) is 15.2. The number of methoxy groups -OCH3 is 1. The molecule has 0 bridgehead atoms. The number of aryl methyl sites for hydroxylation is 1. The van der Waals surface area contributed by atoms with Gasteiger partial charge in [-0.2, -0.15) is 0 Å². The van der Waals surface area contributed by atoms with E-state index in [1.807, 2.05) is 30.3 Å². The van der Waals surface area contributed by atoms with Crippen LogP contribution >= 0.6 is 23.2 Å². The number of nitro benzene ring substituents is 1. The lowest BCUT2D eigenvalue weighted by Crippen LogP contribution is -2.54. The number of nitrogens with zero attached hydrogens (tertiary/aromatic N) is 3. The van der Waals surface area contributed by atoms with E-state index in [2.05, 4.69) is 5.32 Å². The third kappa shape index (κ3) is 9.28. The number of hydrogen-bond acceptors (Lipinski definition) is 7. The first kappa shape index (κ1) is 37.2. The number of halogens is 2. The van der Waals surface area contributed by atoms with Crippen molar-refractivity contribution < 1.29 is 27.7 Å². The van der Waals surface area contributed by atoms with Crippen molar-refractivity contribution in [3.63, 3.8) is 0 Å². The highest BCUT2D eigenvalue weighted by atomic mass is 35.5. The fourth-order valence-corrected chi connectivity index (χ4v) is 7.02. The Morgan fingerprint density at radius 2 is 1.63 bits per heavy atom. The number of amides is 2. The van der Waals surface area contributed by atoms with E-state index in [9.17, 15) is 28.1 Å². The summed E-state index contributed by atoms with van der Waals surface area (Å²) in [6, 6.07) is 22.0. The van der Waals surface area contributed by atoms with Crippen molar-refractivity contribution in [2.75, 3.05) is 18.0 Å². The molecule has 1 atom stereocenters. The van der Waals surface area contributed by atoms with Crippen molar-refractivity contribution in [1.82, 2.24) is 10.2 Å². The van der Waals surface area contributed by atoms with Crippen LogP contribution in [0.1, 0.15) is 30.5 Å². The van der Waals surface area contributed by atoms with Gasteiger partial charge in [0.15, 0.2) is 0 Å². The van der Waals surface area contributed by atoms with Crippen LogP contribution in [-0.4, -0.2) is 55.8 Å². The number of anilines is 1. The van der Waals surface area contributed by atoms with Gasteiger partial charge in [-0.25, -0.2) is 8.42 Å². The van der Waals surface area contributed by atoms with Crippen LogP contribution in [0.3, 0.4) is 0 Å². The molecule has 4 aromatic carbocycles. The molecule has 4 aromatic rings. The monoisotopic (exact) mass is 726 g/mol.